The first-order chi connectivity index (χ1) is 8.01. The van der Waals surface area contributed by atoms with E-state index in [4.69, 9.17) is 9.84 Å². The molecule has 17 heavy (non-hydrogen) atoms. The first-order valence-corrected chi connectivity index (χ1v) is 5.45. The molecule has 0 aromatic heterocycles. The molecule has 1 saturated heterocycles. The molecule has 0 aliphatic carbocycles. The van der Waals surface area contributed by atoms with Gasteiger partial charge in [0, 0.05) is 12.7 Å². The van der Waals surface area contributed by atoms with Crippen molar-refractivity contribution in [1.82, 2.24) is 0 Å². The first kappa shape index (κ1) is 11.9. The van der Waals surface area contributed by atoms with E-state index in [1.165, 1.54) is 12.1 Å². The molecule has 2 N–H and O–H groups in total. The van der Waals surface area contributed by atoms with Gasteiger partial charge in [-0.15, -0.1) is 0 Å². The van der Waals surface area contributed by atoms with Gasteiger partial charge in [-0.1, -0.05) is 0 Å². The van der Waals surface area contributed by atoms with Gasteiger partial charge in [-0.2, -0.15) is 0 Å². The monoisotopic (exact) mass is 239 g/mol. The number of benzene rings is 1. The number of halogens is 1. The van der Waals surface area contributed by atoms with Gasteiger partial charge >= 0.3 is 0 Å². The Hall–Kier alpha value is -1.62. The molecule has 0 spiro atoms. The molecule has 2 rings (SSSR count). The van der Waals surface area contributed by atoms with E-state index in [2.05, 4.69) is 5.32 Å². The normalized spacial score (nSPS) is 23.6. The summed E-state index contributed by atoms with van der Waals surface area (Å²) in [6.07, 6.45) is 1.44. The summed E-state index contributed by atoms with van der Waals surface area (Å²) in [5.41, 5.74) is -0.839. The van der Waals surface area contributed by atoms with Crippen LogP contribution in [0, 0.1) is 5.82 Å². The van der Waals surface area contributed by atoms with E-state index < -0.39 is 11.4 Å². The molecule has 0 bridgehead atoms. The molecule has 0 radical (unpaired) electrons. The number of hydrogen-bond acceptors (Lipinski definition) is 3. The molecule has 1 heterocycles. The molecule has 1 amide bonds. The van der Waals surface area contributed by atoms with Gasteiger partial charge in [0.1, 0.15) is 17.2 Å². The zero-order chi connectivity index (χ0) is 12.5. The number of phenols is 1. The summed E-state index contributed by atoms with van der Waals surface area (Å²) in [4.78, 5) is 11.9. The van der Waals surface area contributed by atoms with E-state index in [9.17, 15) is 9.18 Å². The molecular weight excluding hydrogens is 225 g/mol. The van der Waals surface area contributed by atoms with Crippen LogP contribution in [0.1, 0.15) is 19.8 Å². The molecule has 5 heteroatoms. The lowest BCUT2D eigenvalue weighted by molar-refractivity contribution is -0.133. The van der Waals surface area contributed by atoms with Crippen molar-refractivity contribution in [2.24, 2.45) is 0 Å². The summed E-state index contributed by atoms with van der Waals surface area (Å²) in [6, 6.07) is 3.59. The fourth-order valence-corrected chi connectivity index (χ4v) is 1.82. The molecular formula is C12H14FNO3. The van der Waals surface area contributed by atoms with Crippen LogP contribution in [-0.2, 0) is 9.53 Å². The second-order valence-corrected chi connectivity index (χ2v) is 4.30. The van der Waals surface area contributed by atoms with Crippen molar-refractivity contribution in [3.63, 3.8) is 0 Å². The van der Waals surface area contributed by atoms with E-state index in [0.717, 1.165) is 12.5 Å². The Bertz CT molecular complexity index is 441. The number of amides is 1. The number of aromatic hydroxyl groups is 1. The van der Waals surface area contributed by atoms with Gasteiger partial charge in [0.2, 0.25) is 0 Å². The van der Waals surface area contributed by atoms with Gasteiger partial charge in [0.05, 0.1) is 5.69 Å². The van der Waals surface area contributed by atoms with Gasteiger partial charge < -0.3 is 15.2 Å². The van der Waals surface area contributed by atoms with Gasteiger partial charge in [0.15, 0.2) is 0 Å². The number of carbonyl (C=O) groups is 1. The number of nitrogens with one attached hydrogen (secondary N) is 1. The second kappa shape index (κ2) is 4.33. The van der Waals surface area contributed by atoms with Crippen LogP contribution in [0.5, 0.6) is 5.75 Å². The van der Waals surface area contributed by atoms with E-state index >= 15 is 0 Å². The van der Waals surface area contributed by atoms with Crippen LogP contribution in [0.15, 0.2) is 18.2 Å². The number of anilines is 1. The number of phenolic OH excluding ortho intramolecular Hbond substituents is 1. The number of ether oxygens (including phenoxy) is 1. The first-order valence-electron chi connectivity index (χ1n) is 5.45. The smallest absolute Gasteiger partial charge is 0.256 e. The lowest BCUT2D eigenvalue weighted by Crippen LogP contribution is -2.39. The molecule has 1 atom stereocenters. The Labute approximate surface area is 98.4 Å². The topological polar surface area (TPSA) is 58.6 Å². The summed E-state index contributed by atoms with van der Waals surface area (Å²) < 4.78 is 18.8. The maximum absolute atomic E-state index is 13.4. The zero-order valence-electron chi connectivity index (χ0n) is 9.50. The SMILES string of the molecule is CC1(C(=O)Nc2ccc(O)cc2F)CCCO1. The highest BCUT2D eigenvalue weighted by Gasteiger charge is 2.37. The van der Waals surface area contributed by atoms with Crippen LogP contribution in [0.2, 0.25) is 0 Å². The van der Waals surface area contributed by atoms with E-state index in [1.54, 1.807) is 6.92 Å². The Morgan fingerprint density at radius 3 is 2.94 bits per heavy atom. The third-order valence-corrected chi connectivity index (χ3v) is 2.90. The third-order valence-electron chi connectivity index (χ3n) is 2.90. The van der Waals surface area contributed by atoms with Crippen molar-refractivity contribution in [1.29, 1.82) is 0 Å². The Morgan fingerprint density at radius 1 is 1.59 bits per heavy atom. The van der Waals surface area contributed by atoms with E-state index in [-0.39, 0.29) is 17.3 Å². The largest absolute Gasteiger partial charge is 0.508 e. The fraction of sp³-hybridized carbons (Fsp3) is 0.417. The van der Waals surface area contributed by atoms with Crippen molar-refractivity contribution < 1.29 is 19.0 Å². The predicted octanol–water partition coefficient (Wildman–Crippen LogP) is 2.04. The lowest BCUT2D eigenvalue weighted by atomic mass is 10.0. The maximum Gasteiger partial charge on any atom is 0.256 e. The van der Waals surface area contributed by atoms with Crippen LogP contribution in [-0.4, -0.2) is 23.2 Å². The average Bonchev–Trinajstić information content (AvgIpc) is 2.71. The quantitative estimate of drug-likeness (QED) is 0.776. The van der Waals surface area contributed by atoms with Crippen LogP contribution in [0.4, 0.5) is 10.1 Å². The summed E-state index contributed by atoms with van der Waals surface area (Å²) in [6.45, 7) is 2.23. The molecule has 4 nitrogen and oxygen atoms in total. The highest BCUT2D eigenvalue weighted by Crippen LogP contribution is 2.27. The van der Waals surface area contributed by atoms with E-state index in [1.807, 2.05) is 0 Å². The van der Waals surface area contributed by atoms with Crippen molar-refractivity contribution in [2.75, 3.05) is 11.9 Å². The highest BCUT2D eigenvalue weighted by atomic mass is 19.1. The average molecular weight is 239 g/mol. The molecule has 1 aliphatic heterocycles. The Morgan fingerprint density at radius 2 is 2.35 bits per heavy atom. The van der Waals surface area contributed by atoms with Gasteiger partial charge in [-0.25, -0.2) is 4.39 Å². The number of rotatable bonds is 2. The minimum Gasteiger partial charge on any atom is -0.508 e. The van der Waals surface area contributed by atoms with E-state index in [0.29, 0.717) is 13.0 Å². The van der Waals surface area contributed by atoms with Crippen LogP contribution in [0.3, 0.4) is 0 Å². The molecule has 1 fully saturated rings. The minimum atomic E-state index is -0.885. The number of carbonyl (C=O) groups excluding carboxylic acids is 1. The van der Waals surface area contributed by atoms with Gasteiger partial charge in [-0.3, -0.25) is 4.79 Å². The highest BCUT2D eigenvalue weighted by molar-refractivity contribution is 5.97. The second-order valence-electron chi connectivity index (χ2n) is 4.30. The Kier molecular flexibility index (Phi) is 3.02. The summed E-state index contributed by atoms with van der Waals surface area (Å²) in [5.74, 6) is -1.21. The molecule has 1 aromatic rings. The van der Waals surface area contributed by atoms with Crippen LogP contribution < -0.4 is 5.32 Å². The summed E-state index contributed by atoms with van der Waals surface area (Å²) in [7, 11) is 0. The lowest BCUT2D eigenvalue weighted by Gasteiger charge is -2.22. The standard InChI is InChI=1S/C12H14FNO3/c1-12(5-2-6-17-12)11(16)14-10-4-3-8(15)7-9(10)13/h3-4,7,15H,2,5-6H2,1H3,(H,14,16). The summed E-state index contributed by atoms with van der Waals surface area (Å²) >= 11 is 0. The van der Waals surface area contributed by atoms with Crippen LogP contribution >= 0.6 is 0 Å². The van der Waals surface area contributed by atoms with Crippen molar-refractivity contribution >= 4 is 11.6 Å². The van der Waals surface area contributed by atoms with Gasteiger partial charge in [-0.05, 0) is 31.9 Å². The summed E-state index contributed by atoms with van der Waals surface area (Å²) in [5, 5.41) is 11.5. The van der Waals surface area contributed by atoms with Crippen molar-refractivity contribution in [3.05, 3.63) is 24.0 Å². The van der Waals surface area contributed by atoms with Gasteiger partial charge in [0.25, 0.3) is 5.91 Å². The molecule has 1 aliphatic rings. The zero-order valence-corrected chi connectivity index (χ0v) is 9.50. The van der Waals surface area contributed by atoms with Crippen molar-refractivity contribution in [2.45, 2.75) is 25.4 Å². The predicted molar refractivity (Wildman–Crippen MR) is 60.3 cm³/mol. The Balaban J connectivity index is 2.13. The maximum atomic E-state index is 13.4. The third kappa shape index (κ3) is 2.39. The number of hydrogen-bond donors (Lipinski definition) is 2. The minimum absolute atomic E-state index is 0.0459. The molecule has 1 aromatic carbocycles. The molecule has 0 saturated carbocycles. The molecule has 1 unspecified atom stereocenters. The van der Waals surface area contributed by atoms with Crippen molar-refractivity contribution in [3.8, 4) is 5.75 Å². The molecule has 92 valence electrons. The fourth-order valence-electron chi connectivity index (χ4n) is 1.82. The van der Waals surface area contributed by atoms with Crippen LogP contribution in [0.25, 0.3) is 0 Å².